The third-order valence-corrected chi connectivity index (χ3v) is 8.62. The molecule has 2 fully saturated rings. The highest BCUT2D eigenvalue weighted by Crippen LogP contribution is 2.35. The van der Waals surface area contributed by atoms with E-state index in [4.69, 9.17) is 34.8 Å². The maximum Gasteiger partial charge on any atom is 0.317 e. The predicted octanol–water partition coefficient (Wildman–Crippen LogP) is 5.55. The second kappa shape index (κ2) is 12.6. The van der Waals surface area contributed by atoms with E-state index in [1.165, 1.54) is 0 Å². The predicted molar refractivity (Wildman–Crippen MR) is 151 cm³/mol. The number of urea groups is 1. The first-order valence-electron chi connectivity index (χ1n) is 13.0. The minimum Gasteiger partial charge on any atom is -0.342 e. The summed E-state index contributed by atoms with van der Waals surface area (Å²) in [6.45, 7) is 4.62. The van der Waals surface area contributed by atoms with Gasteiger partial charge >= 0.3 is 6.03 Å². The van der Waals surface area contributed by atoms with Gasteiger partial charge in [-0.1, -0.05) is 40.9 Å². The van der Waals surface area contributed by atoms with E-state index in [1.807, 2.05) is 24.0 Å². The molecule has 2 aliphatic rings. The highest BCUT2D eigenvalue weighted by atomic mass is 35.5. The Kier molecular flexibility index (Phi) is 9.45. The molecule has 0 aromatic heterocycles. The van der Waals surface area contributed by atoms with Gasteiger partial charge in [-0.2, -0.15) is 0 Å². The molecule has 0 radical (unpaired) electrons. The minimum atomic E-state index is -0.140. The lowest BCUT2D eigenvalue weighted by Gasteiger charge is -2.44. The number of nitrogens with one attached hydrogen (secondary N) is 1. The van der Waals surface area contributed by atoms with Crippen LogP contribution in [-0.4, -0.2) is 78.4 Å². The zero-order chi connectivity index (χ0) is 27.4. The largest absolute Gasteiger partial charge is 0.342 e. The Bertz CT molecular complexity index is 1170. The fraction of sp³-hybridized carbons (Fsp3) is 0.464. The maximum absolute atomic E-state index is 13.6. The van der Waals surface area contributed by atoms with Gasteiger partial charge in [0.25, 0.3) is 5.91 Å². The topological polar surface area (TPSA) is 73.0 Å². The van der Waals surface area contributed by atoms with Crippen molar-refractivity contribution in [2.24, 2.45) is 5.92 Å². The number of benzene rings is 2. The fourth-order valence-electron chi connectivity index (χ4n) is 5.47. The zero-order valence-corrected chi connectivity index (χ0v) is 23.9. The molecule has 7 nitrogen and oxygen atoms in total. The molecule has 2 aromatic rings. The highest BCUT2D eigenvalue weighted by molar-refractivity contribution is 6.42. The number of hydrogen-bond acceptors (Lipinski definition) is 3. The lowest BCUT2D eigenvalue weighted by Crippen LogP contribution is -2.54. The van der Waals surface area contributed by atoms with E-state index in [2.05, 4.69) is 5.32 Å². The summed E-state index contributed by atoms with van der Waals surface area (Å²) in [5, 5.41) is 4.30. The third-order valence-electron chi connectivity index (χ3n) is 7.63. The summed E-state index contributed by atoms with van der Waals surface area (Å²) >= 11 is 18.6. The molecule has 1 N–H and O–H groups in total. The van der Waals surface area contributed by atoms with Crippen molar-refractivity contribution in [2.45, 2.75) is 38.1 Å². The van der Waals surface area contributed by atoms with Crippen LogP contribution >= 0.6 is 34.8 Å². The van der Waals surface area contributed by atoms with Crippen LogP contribution in [-0.2, 0) is 4.79 Å². The summed E-state index contributed by atoms with van der Waals surface area (Å²) in [5.41, 5.74) is 1.49. The number of carbonyl (C=O) groups excluding carboxylic acids is 3. The summed E-state index contributed by atoms with van der Waals surface area (Å²) in [4.78, 5) is 44.6. The van der Waals surface area contributed by atoms with Gasteiger partial charge in [0.15, 0.2) is 0 Å². The van der Waals surface area contributed by atoms with Gasteiger partial charge in [-0.15, -0.1) is 0 Å². The molecule has 204 valence electrons. The molecule has 38 heavy (non-hydrogen) atoms. The van der Waals surface area contributed by atoms with E-state index in [0.29, 0.717) is 72.6 Å². The Balaban J connectivity index is 1.51. The van der Waals surface area contributed by atoms with Crippen LogP contribution in [0.5, 0.6) is 0 Å². The number of piperidine rings is 2. The molecule has 0 spiro atoms. The number of likely N-dealkylation sites (tertiary alicyclic amines) is 2. The zero-order valence-electron chi connectivity index (χ0n) is 21.6. The van der Waals surface area contributed by atoms with Gasteiger partial charge < -0.3 is 20.0 Å². The Morgan fingerprint density at radius 2 is 1.58 bits per heavy atom. The molecule has 0 unspecified atom stereocenters. The van der Waals surface area contributed by atoms with Crippen LogP contribution < -0.4 is 5.32 Å². The molecule has 0 aliphatic carbocycles. The molecular formula is C28H33Cl3N4O3. The average Bonchev–Trinajstić information content (AvgIpc) is 2.93. The van der Waals surface area contributed by atoms with Crippen molar-refractivity contribution in [3.8, 4) is 0 Å². The van der Waals surface area contributed by atoms with Gasteiger partial charge in [0.1, 0.15) is 0 Å². The van der Waals surface area contributed by atoms with Crippen LogP contribution in [0.25, 0.3) is 0 Å². The van der Waals surface area contributed by atoms with Gasteiger partial charge in [0, 0.05) is 68.2 Å². The minimum absolute atomic E-state index is 0.0766. The first kappa shape index (κ1) is 28.5. The summed E-state index contributed by atoms with van der Waals surface area (Å²) < 4.78 is 0. The number of carbonyl (C=O) groups is 3. The maximum atomic E-state index is 13.6. The summed E-state index contributed by atoms with van der Waals surface area (Å²) in [5.74, 6) is -0.260. The van der Waals surface area contributed by atoms with Crippen molar-refractivity contribution < 1.29 is 14.4 Å². The van der Waals surface area contributed by atoms with Crippen LogP contribution in [0.2, 0.25) is 15.1 Å². The quantitative estimate of drug-likeness (QED) is 0.505. The summed E-state index contributed by atoms with van der Waals surface area (Å²) in [6, 6.07) is 12.2. The standard InChI is InChI=1S/C28H33Cl3N4O3/c1-3-32-28(38)34-13-10-19(11-14-34)27(37)35-15-12-25(22(17-35)20-6-9-23(30)24(31)16-20)33(2)26(36)18-4-7-21(29)8-5-18/h4-9,16,19,22,25H,3,10-15,17H2,1-2H3,(H,32,38)/t22-,25+/m0/s1. The smallest absolute Gasteiger partial charge is 0.317 e. The first-order valence-corrected chi connectivity index (χ1v) is 14.1. The highest BCUT2D eigenvalue weighted by Gasteiger charge is 2.39. The Labute approximate surface area is 239 Å². The summed E-state index contributed by atoms with van der Waals surface area (Å²) in [7, 11) is 1.81. The normalized spacial score (nSPS) is 20.2. The van der Waals surface area contributed by atoms with Crippen LogP contribution in [0.4, 0.5) is 4.79 Å². The molecule has 2 heterocycles. The number of nitrogens with zero attached hydrogens (tertiary/aromatic N) is 3. The van der Waals surface area contributed by atoms with Crippen LogP contribution in [0.1, 0.15) is 48.0 Å². The number of hydrogen-bond donors (Lipinski definition) is 1. The SMILES string of the molecule is CCNC(=O)N1CCC(C(=O)N2CC[C@@H](N(C)C(=O)c3ccc(Cl)cc3)[C@H](c3ccc(Cl)c(Cl)c3)C2)CC1. The van der Waals surface area contributed by atoms with Crippen molar-refractivity contribution >= 4 is 52.6 Å². The molecule has 10 heteroatoms. The molecule has 4 rings (SSSR count). The Morgan fingerprint density at radius 1 is 0.921 bits per heavy atom. The lowest BCUT2D eigenvalue weighted by atomic mass is 9.83. The van der Waals surface area contributed by atoms with Gasteiger partial charge in [0.2, 0.25) is 5.91 Å². The van der Waals surface area contributed by atoms with Crippen LogP contribution in [0, 0.1) is 5.92 Å². The number of halogens is 3. The van der Waals surface area contributed by atoms with Crippen molar-refractivity contribution in [3.63, 3.8) is 0 Å². The molecule has 0 saturated carbocycles. The molecular weight excluding hydrogens is 547 g/mol. The van der Waals surface area contributed by atoms with E-state index in [-0.39, 0.29) is 35.7 Å². The van der Waals surface area contributed by atoms with Gasteiger partial charge in [0.05, 0.1) is 10.0 Å². The molecule has 2 saturated heterocycles. The molecule has 2 aliphatic heterocycles. The van der Waals surface area contributed by atoms with E-state index < -0.39 is 0 Å². The van der Waals surface area contributed by atoms with Crippen molar-refractivity contribution in [1.29, 1.82) is 0 Å². The van der Waals surface area contributed by atoms with E-state index in [0.717, 1.165) is 5.56 Å². The second-order valence-electron chi connectivity index (χ2n) is 9.94. The molecule has 4 amide bonds. The van der Waals surface area contributed by atoms with Gasteiger partial charge in [-0.3, -0.25) is 9.59 Å². The van der Waals surface area contributed by atoms with Crippen molar-refractivity contribution in [2.75, 3.05) is 39.8 Å². The number of rotatable bonds is 5. The van der Waals surface area contributed by atoms with Crippen molar-refractivity contribution in [1.82, 2.24) is 20.0 Å². The average molecular weight is 580 g/mol. The summed E-state index contributed by atoms with van der Waals surface area (Å²) in [6.07, 6.45) is 1.91. The Morgan fingerprint density at radius 3 is 2.21 bits per heavy atom. The van der Waals surface area contributed by atoms with Gasteiger partial charge in [-0.25, -0.2) is 4.79 Å². The van der Waals surface area contributed by atoms with Gasteiger partial charge in [-0.05, 0) is 68.1 Å². The first-order chi connectivity index (χ1) is 18.2. The van der Waals surface area contributed by atoms with E-state index in [9.17, 15) is 14.4 Å². The second-order valence-corrected chi connectivity index (χ2v) is 11.2. The third kappa shape index (κ3) is 6.38. The van der Waals surface area contributed by atoms with E-state index >= 15 is 0 Å². The lowest BCUT2D eigenvalue weighted by molar-refractivity contribution is -0.138. The van der Waals surface area contributed by atoms with Crippen molar-refractivity contribution in [3.05, 3.63) is 68.7 Å². The fourth-order valence-corrected chi connectivity index (χ4v) is 5.90. The molecule has 2 aromatic carbocycles. The number of amides is 4. The monoisotopic (exact) mass is 578 g/mol. The number of likely N-dealkylation sites (N-methyl/N-ethyl adjacent to an activating group) is 1. The van der Waals surface area contributed by atoms with Crippen LogP contribution in [0.15, 0.2) is 42.5 Å². The Hall–Kier alpha value is -2.48. The van der Waals surface area contributed by atoms with Crippen LogP contribution in [0.3, 0.4) is 0 Å². The molecule has 2 atom stereocenters. The van der Waals surface area contributed by atoms with E-state index in [1.54, 1.807) is 47.2 Å². The molecule has 0 bridgehead atoms.